The summed E-state index contributed by atoms with van der Waals surface area (Å²) in [4.78, 5) is 18.3. The minimum atomic E-state index is -0.0241. The van der Waals surface area contributed by atoms with Crippen molar-refractivity contribution < 1.29 is 9.53 Å². The van der Waals surface area contributed by atoms with E-state index in [9.17, 15) is 4.79 Å². The number of aromatic nitrogens is 1. The summed E-state index contributed by atoms with van der Waals surface area (Å²) in [6.45, 7) is 4.50. The second-order valence-electron chi connectivity index (χ2n) is 4.31. The summed E-state index contributed by atoms with van der Waals surface area (Å²) < 4.78 is 5.57. The van der Waals surface area contributed by atoms with Crippen LogP contribution in [0.3, 0.4) is 0 Å². The van der Waals surface area contributed by atoms with Gasteiger partial charge in [-0.1, -0.05) is 0 Å². The molecule has 1 amide bonds. The van der Waals surface area contributed by atoms with E-state index in [-0.39, 0.29) is 24.4 Å². The number of rotatable bonds is 5. The van der Waals surface area contributed by atoms with Crippen molar-refractivity contribution >= 4 is 29.7 Å². The van der Waals surface area contributed by atoms with E-state index in [1.807, 2.05) is 6.92 Å². The fourth-order valence-electron chi connectivity index (χ4n) is 2.05. The smallest absolute Gasteiger partial charge is 0.273 e. The van der Waals surface area contributed by atoms with Gasteiger partial charge in [0.1, 0.15) is 10.7 Å². The van der Waals surface area contributed by atoms with Gasteiger partial charge < -0.3 is 15.4 Å². The van der Waals surface area contributed by atoms with E-state index < -0.39 is 0 Å². The monoisotopic (exact) mass is 305 g/mol. The highest BCUT2D eigenvalue weighted by atomic mass is 35.5. The van der Waals surface area contributed by atoms with E-state index in [0.717, 1.165) is 24.5 Å². The number of ether oxygens (including phenoxy) is 1. The molecule has 1 atom stereocenters. The lowest BCUT2D eigenvalue weighted by Crippen LogP contribution is -2.37. The van der Waals surface area contributed by atoms with E-state index >= 15 is 0 Å². The Balaban J connectivity index is 0.00000180. The van der Waals surface area contributed by atoms with E-state index in [1.54, 1.807) is 10.3 Å². The molecule has 2 N–H and O–H groups in total. The molecule has 0 aromatic carbocycles. The number of nitrogens with two attached hydrogens (primary N) is 1. The van der Waals surface area contributed by atoms with Crippen molar-refractivity contribution in [2.75, 3.05) is 19.7 Å². The van der Waals surface area contributed by atoms with Crippen LogP contribution in [0.15, 0.2) is 5.38 Å². The van der Waals surface area contributed by atoms with E-state index in [1.165, 1.54) is 11.3 Å². The number of amides is 1. The molecule has 108 valence electrons. The fraction of sp³-hybridized carbons (Fsp3) is 0.667. The molecule has 1 aliphatic rings. The van der Waals surface area contributed by atoms with Crippen LogP contribution in [0.4, 0.5) is 0 Å². The average Bonchev–Trinajstić information content (AvgIpc) is 3.06. The average molecular weight is 306 g/mol. The summed E-state index contributed by atoms with van der Waals surface area (Å²) in [5, 5.41) is 2.58. The first kappa shape index (κ1) is 16.4. The maximum absolute atomic E-state index is 12.3. The summed E-state index contributed by atoms with van der Waals surface area (Å²) in [5.74, 6) is -0.0241. The number of thiazole rings is 1. The van der Waals surface area contributed by atoms with Gasteiger partial charge in [-0.15, -0.1) is 23.7 Å². The minimum Gasteiger partial charge on any atom is -0.376 e. The molecule has 7 heteroatoms. The minimum absolute atomic E-state index is 0. The van der Waals surface area contributed by atoms with Gasteiger partial charge in [0, 0.05) is 31.6 Å². The molecular weight excluding hydrogens is 286 g/mol. The van der Waals surface area contributed by atoms with Gasteiger partial charge in [0.15, 0.2) is 0 Å². The molecule has 1 aromatic heterocycles. The van der Waals surface area contributed by atoms with Gasteiger partial charge in [0.25, 0.3) is 5.91 Å². The predicted molar refractivity (Wildman–Crippen MR) is 77.8 cm³/mol. The molecule has 0 bridgehead atoms. The molecule has 19 heavy (non-hydrogen) atoms. The second-order valence-corrected chi connectivity index (χ2v) is 5.25. The second kappa shape index (κ2) is 7.79. The lowest BCUT2D eigenvalue weighted by atomic mass is 10.2. The van der Waals surface area contributed by atoms with Gasteiger partial charge in [-0.05, 0) is 19.8 Å². The van der Waals surface area contributed by atoms with Crippen molar-refractivity contribution in [1.29, 1.82) is 0 Å². The summed E-state index contributed by atoms with van der Waals surface area (Å²) >= 11 is 1.43. The van der Waals surface area contributed by atoms with Crippen LogP contribution in [0, 0.1) is 0 Å². The number of hydrogen-bond donors (Lipinski definition) is 1. The molecule has 1 unspecified atom stereocenters. The fourth-order valence-corrected chi connectivity index (χ4v) is 2.70. The Kier molecular flexibility index (Phi) is 6.71. The zero-order valence-corrected chi connectivity index (χ0v) is 12.6. The van der Waals surface area contributed by atoms with Gasteiger partial charge in [0.05, 0.1) is 6.10 Å². The third-order valence-corrected chi connectivity index (χ3v) is 3.93. The molecule has 0 radical (unpaired) electrons. The van der Waals surface area contributed by atoms with Gasteiger partial charge >= 0.3 is 0 Å². The summed E-state index contributed by atoms with van der Waals surface area (Å²) in [6.07, 6.45) is 2.31. The molecule has 1 aromatic rings. The third-order valence-electron chi connectivity index (χ3n) is 3.06. The van der Waals surface area contributed by atoms with Crippen LogP contribution in [-0.2, 0) is 11.3 Å². The molecular formula is C12H20ClN3O2S. The molecule has 1 saturated heterocycles. The van der Waals surface area contributed by atoms with Gasteiger partial charge in [-0.3, -0.25) is 4.79 Å². The van der Waals surface area contributed by atoms with Crippen molar-refractivity contribution in [3.05, 3.63) is 16.1 Å². The maximum atomic E-state index is 12.3. The van der Waals surface area contributed by atoms with Crippen LogP contribution in [0.25, 0.3) is 0 Å². The standard InChI is InChI=1S/C12H19N3O2S.ClH/c1-2-15(7-9-4-3-5-17-9)12(16)10-8-18-11(6-13)14-10;/h8-9H,2-7,13H2,1H3;1H. The van der Waals surface area contributed by atoms with E-state index in [4.69, 9.17) is 10.5 Å². The molecule has 0 spiro atoms. The highest BCUT2D eigenvalue weighted by molar-refractivity contribution is 7.09. The number of likely N-dealkylation sites (N-methyl/N-ethyl adjacent to an activating group) is 1. The topological polar surface area (TPSA) is 68.5 Å². The Bertz CT molecular complexity index is 407. The molecule has 1 fully saturated rings. The zero-order chi connectivity index (χ0) is 13.0. The molecule has 0 saturated carbocycles. The number of halogens is 1. The highest BCUT2D eigenvalue weighted by Crippen LogP contribution is 2.16. The summed E-state index contributed by atoms with van der Waals surface area (Å²) in [7, 11) is 0. The van der Waals surface area contributed by atoms with Crippen LogP contribution in [0.5, 0.6) is 0 Å². The van der Waals surface area contributed by atoms with Crippen LogP contribution >= 0.6 is 23.7 Å². The summed E-state index contributed by atoms with van der Waals surface area (Å²) in [6, 6.07) is 0. The van der Waals surface area contributed by atoms with E-state index in [0.29, 0.717) is 25.3 Å². The first-order chi connectivity index (χ1) is 8.74. The first-order valence-electron chi connectivity index (χ1n) is 6.30. The maximum Gasteiger partial charge on any atom is 0.273 e. The molecule has 2 rings (SSSR count). The highest BCUT2D eigenvalue weighted by Gasteiger charge is 2.23. The Labute approximate surface area is 123 Å². The Morgan fingerprint density at radius 2 is 2.47 bits per heavy atom. The summed E-state index contributed by atoms with van der Waals surface area (Å²) in [5.41, 5.74) is 6.01. The van der Waals surface area contributed by atoms with Crippen molar-refractivity contribution in [2.24, 2.45) is 5.73 Å². The molecule has 1 aliphatic heterocycles. The van der Waals surface area contributed by atoms with Crippen molar-refractivity contribution in [3.8, 4) is 0 Å². The number of nitrogens with zero attached hydrogens (tertiary/aromatic N) is 2. The van der Waals surface area contributed by atoms with Crippen molar-refractivity contribution in [2.45, 2.75) is 32.4 Å². The normalized spacial score (nSPS) is 18.1. The van der Waals surface area contributed by atoms with Crippen LogP contribution in [0.1, 0.15) is 35.3 Å². The van der Waals surface area contributed by atoms with Gasteiger partial charge in [-0.25, -0.2) is 4.98 Å². The number of carbonyl (C=O) groups is 1. The van der Waals surface area contributed by atoms with E-state index in [2.05, 4.69) is 4.98 Å². The van der Waals surface area contributed by atoms with Crippen LogP contribution in [-0.4, -0.2) is 41.6 Å². The number of hydrogen-bond acceptors (Lipinski definition) is 5. The Morgan fingerprint density at radius 1 is 1.68 bits per heavy atom. The van der Waals surface area contributed by atoms with Gasteiger partial charge in [-0.2, -0.15) is 0 Å². The van der Waals surface area contributed by atoms with Crippen molar-refractivity contribution in [1.82, 2.24) is 9.88 Å². The largest absolute Gasteiger partial charge is 0.376 e. The quantitative estimate of drug-likeness (QED) is 0.898. The van der Waals surface area contributed by atoms with Crippen molar-refractivity contribution in [3.63, 3.8) is 0 Å². The van der Waals surface area contributed by atoms with Gasteiger partial charge in [0.2, 0.25) is 0 Å². The SMILES string of the molecule is CCN(CC1CCCO1)C(=O)c1csc(CN)n1.Cl. The Hall–Kier alpha value is -0.690. The predicted octanol–water partition coefficient (Wildman–Crippen LogP) is 1.66. The Morgan fingerprint density at radius 3 is 3.00 bits per heavy atom. The zero-order valence-electron chi connectivity index (χ0n) is 11.0. The van der Waals surface area contributed by atoms with Crippen LogP contribution < -0.4 is 5.73 Å². The third kappa shape index (κ3) is 4.14. The molecule has 2 heterocycles. The van der Waals surface area contributed by atoms with Crippen LogP contribution in [0.2, 0.25) is 0 Å². The number of carbonyl (C=O) groups excluding carboxylic acids is 1. The lowest BCUT2D eigenvalue weighted by Gasteiger charge is -2.23. The molecule has 5 nitrogen and oxygen atoms in total. The first-order valence-corrected chi connectivity index (χ1v) is 7.18. The lowest BCUT2D eigenvalue weighted by molar-refractivity contribution is 0.0535. The molecule has 0 aliphatic carbocycles.